The third kappa shape index (κ3) is 6.95. The minimum absolute atomic E-state index is 0.207. The molecule has 3 N–H and O–H groups in total. The molecule has 24 heavy (non-hydrogen) atoms. The van der Waals surface area contributed by atoms with E-state index in [0.717, 1.165) is 11.8 Å². The number of aliphatic carboxylic acids is 1. The molecule has 2 amide bonds. The number of benzene rings is 1. The Morgan fingerprint density at radius 1 is 1.21 bits per heavy atom. The smallest absolute Gasteiger partial charge is 0.326 e. The molecule has 0 fully saturated rings. The lowest BCUT2D eigenvalue weighted by Gasteiger charge is -2.17. The van der Waals surface area contributed by atoms with Crippen LogP contribution < -0.4 is 10.6 Å². The van der Waals surface area contributed by atoms with Crippen LogP contribution in [0.25, 0.3) is 0 Å². The first kappa shape index (κ1) is 19.9. The molecule has 0 saturated heterocycles. The lowest BCUT2D eigenvalue weighted by molar-refractivity contribution is -0.142. The highest BCUT2D eigenvalue weighted by Gasteiger charge is 2.26. The van der Waals surface area contributed by atoms with Crippen molar-refractivity contribution < 1.29 is 28.3 Å². The van der Waals surface area contributed by atoms with Gasteiger partial charge in [-0.2, -0.15) is 0 Å². The van der Waals surface area contributed by atoms with Gasteiger partial charge in [-0.05, 0) is 31.2 Å². The number of carbonyl (C=O) groups is 3. The van der Waals surface area contributed by atoms with Gasteiger partial charge in [-0.3, -0.25) is 9.59 Å². The number of thioether (sulfide) groups is 1. The summed E-state index contributed by atoms with van der Waals surface area (Å²) in [6.45, 7) is 2.93. The lowest BCUT2D eigenvalue weighted by Crippen LogP contribution is -2.44. The highest BCUT2D eigenvalue weighted by Crippen LogP contribution is 2.25. The van der Waals surface area contributed by atoms with Crippen LogP contribution in [0.2, 0.25) is 0 Å². The van der Waals surface area contributed by atoms with Gasteiger partial charge in [0.15, 0.2) is 0 Å². The van der Waals surface area contributed by atoms with Gasteiger partial charge in [0, 0.05) is 23.9 Å². The van der Waals surface area contributed by atoms with Gasteiger partial charge in [-0.15, -0.1) is 11.8 Å². The van der Waals surface area contributed by atoms with E-state index in [2.05, 4.69) is 10.6 Å². The van der Waals surface area contributed by atoms with Gasteiger partial charge in [0.2, 0.25) is 18.2 Å². The van der Waals surface area contributed by atoms with Crippen LogP contribution in [-0.4, -0.2) is 40.6 Å². The van der Waals surface area contributed by atoms with Gasteiger partial charge in [0.25, 0.3) is 0 Å². The topological polar surface area (TPSA) is 95.5 Å². The summed E-state index contributed by atoms with van der Waals surface area (Å²) in [6.07, 6.45) is -3.76. The van der Waals surface area contributed by atoms with Crippen LogP contribution in [0.1, 0.15) is 20.3 Å². The van der Waals surface area contributed by atoms with E-state index < -0.39 is 36.0 Å². The van der Waals surface area contributed by atoms with Crippen molar-refractivity contribution >= 4 is 35.2 Å². The molecule has 9 heteroatoms. The largest absolute Gasteiger partial charge is 0.480 e. The van der Waals surface area contributed by atoms with Gasteiger partial charge in [0.1, 0.15) is 6.04 Å². The molecule has 6 nitrogen and oxygen atoms in total. The molecule has 0 aliphatic heterocycles. The zero-order valence-electron chi connectivity index (χ0n) is 13.1. The van der Waals surface area contributed by atoms with Crippen molar-refractivity contribution in [2.24, 2.45) is 0 Å². The molecule has 2 atom stereocenters. The molecule has 0 aliphatic rings. The number of alkyl halides is 2. The maximum absolute atomic E-state index is 12.3. The standard InChI is InChI=1S/C15H18F2N2O4S/c1-8(14(21)19-12(15(22)23)7-13(16)17)24-11-5-3-10(4-6-11)18-9(2)20/h3-6,8,12-13H,7H2,1-2H3,(H,18,20)(H,19,21)(H,22,23). The fourth-order valence-electron chi connectivity index (χ4n) is 1.77. The third-order valence-corrected chi connectivity index (χ3v) is 4.00. The van der Waals surface area contributed by atoms with Gasteiger partial charge in [-0.25, -0.2) is 13.6 Å². The van der Waals surface area contributed by atoms with Crippen molar-refractivity contribution in [3.8, 4) is 0 Å². The molecular weight excluding hydrogens is 342 g/mol. The Balaban J connectivity index is 2.62. The SMILES string of the molecule is CC(=O)Nc1ccc(SC(C)C(=O)NC(CC(F)F)C(=O)O)cc1. The molecule has 1 aromatic rings. The average molecular weight is 360 g/mol. The molecule has 0 saturated carbocycles. The van der Waals surface area contributed by atoms with Gasteiger partial charge < -0.3 is 15.7 Å². The Morgan fingerprint density at radius 2 is 1.79 bits per heavy atom. The van der Waals surface area contributed by atoms with Crippen LogP contribution >= 0.6 is 11.8 Å². The first-order valence-electron chi connectivity index (χ1n) is 7.04. The summed E-state index contributed by atoms with van der Waals surface area (Å²) >= 11 is 1.15. The van der Waals surface area contributed by atoms with E-state index >= 15 is 0 Å². The van der Waals surface area contributed by atoms with Gasteiger partial charge in [-0.1, -0.05) is 0 Å². The number of hydrogen-bond acceptors (Lipinski definition) is 4. The predicted molar refractivity (Wildman–Crippen MR) is 86.3 cm³/mol. The summed E-state index contributed by atoms with van der Waals surface area (Å²) in [5, 5.41) is 12.9. The van der Waals surface area contributed by atoms with Crippen LogP contribution in [-0.2, 0) is 14.4 Å². The maximum atomic E-state index is 12.3. The summed E-state index contributed by atoms with van der Waals surface area (Å²) in [4.78, 5) is 34.5. The van der Waals surface area contributed by atoms with Gasteiger partial charge >= 0.3 is 5.97 Å². The van der Waals surface area contributed by atoms with E-state index in [1.807, 2.05) is 0 Å². The molecule has 0 bridgehead atoms. The third-order valence-electron chi connectivity index (χ3n) is 2.89. The number of hydrogen-bond donors (Lipinski definition) is 3. The number of rotatable bonds is 8. The fraction of sp³-hybridized carbons (Fsp3) is 0.400. The summed E-state index contributed by atoms with van der Waals surface area (Å²) < 4.78 is 24.6. The highest BCUT2D eigenvalue weighted by atomic mass is 32.2. The van der Waals surface area contributed by atoms with E-state index in [9.17, 15) is 23.2 Å². The quantitative estimate of drug-likeness (QED) is 0.619. The summed E-state index contributed by atoms with van der Waals surface area (Å²) in [6, 6.07) is 5.07. The monoisotopic (exact) mass is 360 g/mol. The molecule has 0 aliphatic carbocycles. The molecule has 0 radical (unpaired) electrons. The van der Waals surface area contributed by atoms with Crippen LogP contribution in [0.3, 0.4) is 0 Å². The summed E-state index contributed by atoms with van der Waals surface area (Å²) in [5.41, 5.74) is 0.604. The van der Waals surface area contributed by atoms with Crippen molar-refractivity contribution in [2.45, 2.75) is 42.9 Å². The Morgan fingerprint density at radius 3 is 2.25 bits per heavy atom. The fourth-order valence-corrected chi connectivity index (χ4v) is 2.64. The number of carboxylic acids is 1. The van der Waals surface area contributed by atoms with E-state index in [1.165, 1.54) is 6.92 Å². The summed E-state index contributed by atoms with van der Waals surface area (Å²) in [7, 11) is 0. The number of amides is 2. The highest BCUT2D eigenvalue weighted by molar-refractivity contribution is 8.00. The number of anilines is 1. The van der Waals surface area contributed by atoms with E-state index in [0.29, 0.717) is 10.6 Å². The van der Waals surface area contributed by atoms with Crippen molar-refractivity contribution in [1.82, 2.24) is 5.32 Å². The minimum Gasteiger partial charge on any atom is -0.480 e. The minimum atomic E-state index is -2.82. The van der Waals surface area contributed by atoms with Crippen LogP contribution in [0, 0.1) is 0 Å². The number of carboxylic acid groups (broad SMARTS) is 1. The molecule has 2 unspecified atom stereocenters. The molecule has 1 rings (SSSR count). The molecular formula is C15H18F2N2O4S. The first-order valence-corrected chi connectivity index (χ1v) is 7.92. The normalized spacial score (nSPS) is 13.2. The van der Waals surface area contributed by atoms with Crippen molar-refractivity contribution in [3.63, 3.8) is 0 Å². The van der Waals surface area contributed by atoms with Crippen molar-refractivity contribution in [3.05, 3.63) is 24.3 Å². The Kier molecular flexibility index (Phi) is 7.63. The number of halogens is 2. The summed E-state index contributed by atoms with van der Waals surface area (Å²) in [5.74, 6) is -2.35. The maximum Gasteiger partial charge on any atom is 0.326 e. The van der Waals surface area contributed by atoms with E-state index in [1.54, 1.807) is 31.2 Å². The van der Waals surface area contributed by atoms with Gasteiger partial charge in [0.05, 0.1) is 5.25 Å². The van der Waals surface area contributed by atoms with Crippen LogP contribution in [0.15, 0.2) is 29.2 Å². The number of nitrogens with one attached hydrogen (secondary N) is 2. The zero-order chi connectivity index (χ0) is 18.3. The average Bonchev–Trinajstić information content (AvgIpc) is 2.47. The molecule has 132 valence electrons. The second-order valence-corrected chi connectivity index (χ2v) is 6.41. The van der Waals surface area contributed by atoms with Crippen LogP contribution in [0.4, 0.5) is 14.5 Å². The molecule has 1 aromatic carbocycles. The van der Waals surface area contributed by atoms with E-state index in [-0.39, 0.29) is 5.91 Å². The first-order chi connectivity index (χ1) is 11.2. The molecule has 0 aromatic heterocycles. The second kappa shape index (κ2) is 9.21. The molecule has 0 heterocycles. The predicted octanol–water partition coefficient (Wildman–Crippen LogP) is 2.35. The Hall–Kier alpha value is -2.16. The Bertz CT molecular complexity index is 596. The van der Waals surface area contributed by atoms with Crippen molar-refractivity contribution in [1.29, 1.82) is 0 Å². The second-order valence-electron chi connectivity index (χ2n) is 4.99. The zero-order valence-corrected chi connectivity index (χ0v) is 13.9. The van der Waals surface area contributed by atoms with E-state index in [4.69, 9.17) is 5.11 Å². The van der Waals surface area contributed by atoms with Crippen molar-refractivity contribution in [2.75, 3.05) is 5.32 Å². The molecule has 0 spiro atoms. The Labute approximate surface area is 142 Å². The van der Waals surface area contributed by atoms with Crippen LogP contribution in [0.5, 0.6) is 0 Å². The number of carbonyl (C=O) groups excluding carboxylic acids is 2. The lowest BCUT2D eigenvalue weighted by atomic mass is 10.2.